The molecule has 4 heteroatoms. The molecule has 2 aromatic rings. The molecule has 0 saturated carbocycles. The number of carbonyl (C=O) groups excluding carboxylic acids is 1. The highest BCUT2D eigenvalue weighted by Crippen LogP contribution is 2.14. The third kappa shape index (κ3) is 1.91. The van der Waals surface area contributed by atoms with E-state index in [1.165, 1.54) is 18.3 Å². The summed E-state index contributed by atoms with van der Waals surface area (Å²) in [6.07, 6.45) is 2.39. The van der Waals surface area contributed by atoms with Crippen LogP contribution in [-0.4, -0.2) is 10.8 Å². The molecule has 1 heterocycles. The highest BCUT2D eigenvalue weighted by atomic mass is 19.1. The van der Waals surface area contributed by atoms with Gasteiger partial charge in [-0.1, -0.05) is 12.1 Å². The lowest BCUT2D eigenvalue weighted by Crippen LogP contribution is -2.05. The first-order valence-corrected chi connectivity index (χ1v) is 4.68. The first kappa shape index (κ1) is 10.3. The quantitative estimate of drug-likeness (QED) is 0.617. The topological polar surface area (TPSA) is 56.0 Å². The van der Waals surface area contributed by atoms with Crippen LogP contribution in [0.4, 0.5) is 10.1 Å². The standard InChI is InChI=1S/C12H9FN2O/c13-11-7-15-5-4-10(11)12(16)8-2-1-3-9(14)6-8/h1-7H,14H2. The Bertz CT molecular complexity index is 540. The molecule has 1 aromatic heterocycles. The number of nitrogens with zero attached hydrogens (tertiary/aromatic N) is 1. The van der Waals surface area contributed by atoms with E-state index in [-0.39, 0.29) is 5.56 Å². The zero-order chi connectivity index (χ0) is 11.5. The average Bonchev–Trinajstić information content (AvgIpc) is 2.29. The number of anilines is 1. The van der Waals surface area contributed by atoms with Gasteiger partial charge >= 0.3 is 0 Å². The molecule has 80 valence electrons. The van der Waals surface area contributed by atoms with E-state index < -0.39 is 11.6 Å². The third-order valence-corrected chi connectivity index (χ3v) is 2.17. The van der Waals surface area contributed by atoms with Crippen LogP contribution in [0.1, 0.15) is 15.9 Å². The highest BCUT2D eigenvalue weighted by Gasteiger charge is 2.13. The van der Waals surface area contributed by atoms with E-state index in [9.17, 15) is 9.18 Å². The van der Waals surface area contributed by atoms with E-state index in [0.29, 0.717) is 11.3 Å². The van der Waals surface area contributed by atoms with Crippen LogP contribution in [0.15, 0.2) is 42.7 Å². The van der Waals surface area contributed by atoms with Crippen molar-refractivity contribution in [3.05, 3.63) is 59.7 Å². The van der Waals surface area contributed by atoms with Gasteiger partial charge in [0.15, 0.2) is 11.6 Å². The number of aromatic nitrogens is 1. The fraction of sp³-hybridized carbons (Fsp3) is 0. The van der Waals surface area contributed by atoms with Gasteiger partial charge in [0.1, 0.15) is 0 Å². The van der Waals surface area contributed by atoms with E-state index in [0.717, 1.165) is 6.20 Å². The predicted molar refractivity (Wildman–Crippen MR) is 58.5 cm³/mol. The molecule has 0 amide bonds. The first-order valence-electron chi connectivity index (χ1n) is 4.68. The molecule has 0 aliphatic heterocycles. The molecule has 2 N–H and O–H groups in total. The molecule has 0 saturated heterocycles. The smallest absolute Gasteiger partial charge is 0.196 e. The summed E-state index contributed by atoms with van der Waals surface area (Å²) < 4.78 is 13.3. The zero-order valence-corrected chi connectivity index (χ0v) is 8.35. The van der Waals surface area contributed by atoms with Crippen molar-refractivity contribution in [1.82, 2.24) is 4.98 Å². The molecule has 2 rings (SSSR count). The molecule has 0 unspecified atom stereocenters. The van der Waals surface area contributed by atoms with Crippen molar-refractivity contribution >= 4 is 11.5 Å². The first-order chi connectivity index (χ1) is 7.68. The van der Waals surface area contributed by atoms with Crippen molar-refractivity contribution in [3.8, 4) is 0 Å². The van der Waals surface area contributed by atoms with Gasteiger partial charge < -0.3 is 5.73 Å². The molecule has 1 aromatic carbocycles. The second kappa shape index (κ2) is 4.10. The van der Waals surface area contributed by atoms with Gasteiger partial charge in [0.2, 0.25) is 0 Å². The fourth-order valence-corrected chi connectivity index (χ4v) is 1.39. The minimum atomic E-state index is -0.630. The summed E-state index contributed by atoms with van der Waals surface area (Å²) in [4.78, 5) is 15.5. The molecule has 16 heavy (non-hydrogen) atoms. The number of rotatable bonds is 2. The maximum absolute atomic E-state index is 13.3. The van der Waals surface area contributed by atoms with Gasteiger partial charge in [0.25, 0.3) is 0 Å². The minimum Gasteiger partial charge on any atom is -0.399 e. The molecule has 0 spiro atoms. The summed E-state index contributed by atoms with van der Waals surface area (Å²) in [5.74, 6) is -1.03. The van der Waals surface area contributed by atoms with Crippen LogP contribution in [0, 0.1) is 5.82 Å². The van der Waals surface area contributed by atoms with Crippen LogP contribution in [0.3, 0.4) is 0 Å². The molecule has 3 nitrogen and oxygen atoms in total. The van der Waals surface area contributed by atoms with Crippen molar-refractivity contribution in [2.75, 3.05) is 5.73 Å². The van der Waals surface area contributed by atoms with Crippen LogP contribution in [0.5, 0.6) is 0 Å². The summed E-state index contributed by atoms with van der Waals surface area (Å²) >= 11 is 0. The van der Waals surface area contributed by atoms with Gasteiger partial charge in [-0.15, -0.1) is 0 Å². The van der Waals surface area contributed by atoms with Gasteiger partial charge in [-0.3, -0.25) is 9.78 Å². The van der Waals surface area contributed by atoms with E-state index in [1.807, 2.05) is 0 Å². The van der Waals surface area contributed by atoms with Gasteiger partial charge in [-0.05, 0) is 18.2 Å². The fourth-order valence-electron chi connectivity index (χ4n) is 1.39. The lowest BCUT2D eigenvalue weighted by molar-refractivity contribution is 0.103. The maximum Gasteiger partial charge on any atom is 0.196 e. The maximum atomic E-state index is 13.3. The number of nitrogen functional groups attached to an aromatic ring is 1. The second-order valence-corrected chi connectivity index (χ2v) is 3.31. The normalized spacial score (nSPS) is 10.1. The number of hydrogen-bond acceptors (Lipinski definition) is 3. The van der Waals surface area contributed by atoms with Crippen molar-refractivity contribution in [3.63, 3.8) is 0 Å². The number of hydrogen-bond donors (Lipinski definition) is 1. The number of benzene rings is 1. The van der Waals surface area contributed by atoms with Crippen LogP contribution in [0.25, 0.3) is 0 Å². The molecule has 0 aliphatic carbocycles. The Morgan fingerprint density at radius 3 is 2.81 bits per heavy atom. The van der Waals surface area contributed by atoms with Gasteiger partial charge in [-0.2, -0.15) is 0 Å². The van der Waals surface area contributed by atoms with E-state index in [2.05, 4.69) is 4.98 Å². The summed E-state index contributed by atoms with van der Waals surface area (Å²) in [6, 6.07) is 7.78. The number of pyridine rings is 1. The molecule has 0 radical (unpaired) electrons. The van der Waals surface area contributed by atoms with Crippen LogP contribution < -0.4 is 5.73 Å². The number of carbonyl (C=O) groups is 1. The number of halogens is 1. The summed E-state index contributed by atoms with van der Waals surface area (Å²) in [6.45, 7) is 0. The molecule has 0 aliphatic rings. The van der Waals surface area contributed by atoms with Crippen molar-refractivity contribution < 1.29 is 9.18 Å². The van der Waals surface area contributed by atoms with Crippen molar-refractivity contribution in [2.24, 2.45) is 0 Å². The molecule has 0 fully saturated rings. The van der Waals surface area contributed by atoms with Crippen molar-refractivity contribution in [1.29, 1.82) is 0 Å². The van der Waals surface area contributed by atoms with Gasteiger partial charge in [0, 0.05) is 17.4 Å². The SMILES string of the molecule is Nc1cccc(C(=O)c2ccncc2F)c1. The second-order valence-electron chi connectivity index (χ2n) is 3.31. The summed E-state index contributed by atoms with van der Waals surface area (Å²) in [5, 5.41) is 0. The Morgan fingerprint density at radius 2 is 2.12 bits per heavy atom. The predicted octanol–water partition coefficient (Wildman–Crippen LogP) is 2.03. The highest BCUT2D eigenvalue weighted by molar-refractivity contribution is 6.09. The Balaban J connectivity index is 2.44. The van der Waals surface area contributed by atoms with Crippen LogP contribution in [0.2, 0.25) is 0 Å². The number of ketones is 1. The molecular weight excluding hydrogens is 207 g/mol. The summed E-state index contributed by atoms with van der Waals surface area (Å²) in [5.41, 5.74) is 6.39. The van der Waals surface area contributed by atoms with Crippen LogP contribution >= 0.6 is 0 Å². The lowest BCUT2D eigenvalue weighted by Gasteiger charge is -2.02. The van der Waals surface area contributed by atoms with Crippen LogP contribution in [-0.2, 0) is 0 Å². The third-order valence-electron chi connectivity index (χ3n) is 2.17. The van der Waals surface area contributed by atoms with E-state index in [4.69, 9.17) is 5.73 Å². The molecule has 0 atom stereocenters. The Hall–Kier alpha value is -2.23. The Labute approximate surface area is 91.7 Å². The molecule has 0 bridgehead atoms. The van der Waals surface area contributed by atoms with E-state index >= 15 is 0 Å². The summed E-state index contributed by atoms with van der Waals surface area (Å²) in [7, 11) is 0. The Morgan fingerprint density at radius 1 is 1.31 bits per heavy atom. The number of nitrogens with two attached hydrogens (primary N) is 1. The van der Waals surface area contributed by atoms with E-state index in [1.54, 1.807) is 18.2 Å². The monoisotopic (exact) mass is 216 g/mol. The lowest BCUT2D eigenvalue weighted by atomic mass is 10.0. The zero-order valence-electron chi connectivity index (χ0n) is 8.35. The largest absolute Gasteiger partial charge is 0.399 e. The minimum absolute atomic E-state index is 0.000556. The van der Waals surface area contributed by atoms with Gasteiger partial charge in [0.05, 0.1) is 11.8 Å². The van der Waals surface area contributed by atoms with Gasteiger partial charge in [-0.25, -0.2) is 4.39 Å². The Kier molecular flexibility index (Phi) is 2.64. The molecular formula is C12H9FN2O. The average molecular weight is 216 g/mol. The van der Waals surface area contributed by atoms with Crippen molar-refractivity contribution in [2.45, 2.75) is 0 Å².